The molecule has 0 radical (unpaired) electrons. The van der Waals surface area contributed by atoms with Gasteiger partial charge in [-0.15, -0.1) is 0 Å². The number of likely N-dealkylation sites (tertiary alicyclic amines) is 1. The molecule has 0 atom stereocenters. The smallest absolute Gasteiger partial charge is 0.407 e. The number of hydrogen-bond acceptors (Lipinski definition) is 6. The van der Waals surface area contributed by atoms with Crippen LogP contribution in [0.1, 0.15) is 44.0 Å². The highest BCUT2D eigenvalue weighted by molar-refractivity contribution is 5.98. The summed E-state index contributed by atoms with van der Waals surface area (Å²) in [6.45, 7) is 7.61. The first-order chi connectivity index (χ1) is 12.3. The second kappa shape index (κ2) is 7.53. The predicted molar refractivity (Wildman–Crippen MR) is 95.7 cm³/mol. The van der Waals surface area contributed by atoms with Gasteiger partial charge in [-0.25, -0.2) is 4.79 Å². The maximum Gasteiger partial charge on any atom is 0.407 e. The van der Waals surface area contributed by atoms with E-state index >= 15 is 0 Å². The number of hydrogen-bond donors (Lipinski definition) is 1. The summed E-state index contributed by atoms with van der Waals surface area (Å²) in [4.78, 5) is 26.5. The molecule has 1 fully saturated rings. The molecule has 0 aliphatic carbocycles. The number of Topliss-reactive ketones (excluding diaryl/α,β-unsaturated/α-hetero) is 1. The Hall–Kier alpha value is -2.28. The minimum atomic E-state index is -0.498. The molecule has 7 heteroatoms. The molecule has 1 saturated heterocycles. The molecule has 1 aromatic carbocycles. The summed E-state index contributed by atoms with van der Waals surface area (Å²) in [5, 5.41) is 2.91. The zero-order valence-electron chi connectivity index (χ0n) is 15.5. The number of amides is 1. The summed E-state index contributed by atoms with van der Waals surface area (Å²) in [6.07, 6.45) is 1.22. The fraction of sp³-hybridized carbons (Fsp3) is 0.579. The monoisotopic (exact) mass is 362 g/mol. The van der Waals surface area contributed by atoms with Crippen molar-refractivity contribution in [3.63, 3.8) is 0 Å². The Morgan fingerprint density at radius 1 is 1.19 bits per heavy atom. The van der Waals surface area contributed by atoms with Crippen LogP contribution in [0.3, 0.4) is 0 Å². The third-order valence-electron chi connectivity index (χ3n) is 4.37. The van der Waals surface area contributed by atoms with Crippen molar-refractivity contribution >= 4 is 11.9 Å². The Bertz CT molecular complexity index is 675. The van der Waals surface area contributed by atoms with Gasteiger partial charge < -0.3 is 19.5 Å². The van der Waals surface area contributed by atoms with Crippen LogP contribution < -0.4 is 14.8 Å². The third-order valence-corrected chi connectivity index (χ3v) is 4.37. The zero-order valence-corrected chi connectivity index (χ0v) is 15.5. The molecular formula is C19H26N2O5. The molecule has 2 heterocycles. The van der Waals surface area contributed by atoms with Crippen LogP contribution in [0, 0.1) is 0 Å². The van der Waals surface area contributed by atoms with Crippen molar-refractivity contribution in [3.05, 3.63) is 23.8 Å². The Balaban J connectivity index is 1.45. The number of nitrogens with one attached hydrogen (secondary N) is 1. The van der Waals surface area contributed by atoms with Crippen LogP contribution in [0.5, 0.6) is 11.5 Å². The molecule has 2 aliphatic heterocycles. The van der Waals surface area contributed by atoms with Crippen molar-refractivity contribution in [1.29, 1.82) is 0 Å². The lowest BCUT2D eigenvalue weighted by Crippen LogP contribution is -2.47. The Morgan fingerprint density at radius 3 is 2.58 bits per heavy atom. The van der Waals surface area contributed by atoms with Crippen LogP contribution in [-0.4, -0.2) is 54.8 Å². The quantitative estimate of drug-likeness (QED) is 0.830. The van der Waals surface area contributed by atoms with Gasteiger partial charge in [-0.05, 0) is 51.8 Å². The zero-order chi connectivity index (χ0) is 18.7. The lowest BCUT2D eigenvalue weighted by Gasteiger charge is -2.32. The Kier molecular flexibility index (Phi) is 5.36. The molecule has 1 amide bonds. The lowest BCUT2D eigenvalue weighted by molar-refractivity contribution is 0.0476. The van der Waals surface area contributed by atoms with Gasteiger partial charge in [0.15, 0.2) is 17.3 Å². The molecular weight excluding hydrogens is 336 g/mol. The van der Waals surface area contributed by atoms with E-state index in [9.17, 15) is 9.59 Å². The van der Waals surface area contributed by atoms with Crippen molar-refractivity contribution in [2.45, 2.75) is 45.3 Å². The van der Waals surface area contributed by atoms with Crippen LogP contribution in [0.25, 0.3) is 0 Å². The van der Waals surface area contributed by atoms with E-state index in [-0.39, 0.29) is 24.7 Å². The maximum absolute atomic E-state index is 12.5. The van der Waals surface area contributed by atoms with Gasteiger partial charge in [-0.1, -0.05) is 0 Å². The SMILES string of the molecule is CC(C)(C)OC(=O)NC1CCN(CC(=O)c2ccc3c(c2)OCO3)CC1. The summed E-state index contributed by atoms with van der Waals surface area (Å²) in [5.41, 5.74) is 0.130. The van der Waals surface area contributed by atoms with Gasteiger partial charge in [0, 0.05) is 24.7 Å². The minimum absolute atomic E-state index is 0.0573. The highest BCUT2D eigenvalue weighted by atomic mass is 16.7. The summed E-state index contributed by atoms with van der Waals surface area (Å²) >= 11 is 0. The number of carbonyl (C=O) groups excluding carboxylic acids is 2. The minimum Gasteiger partial charge on any atom is -0.454 e. The van der Waals surface area contributed by atoms with E-state index in [4.69, 9.17) is 14.2 Å². The number of piperidine rings is 1. The van der Waals surface area contributed by atoms with E-state index < -0.39 is 5.60 Å². The van der Waals surface area contributed by atoms with Crippen molar-refractivity contribution in [1.82, 2.24) is 10.2 Å². The van der Waals surface area contributed by atoms with Gasteiger partial charge in [0.2, 0.25) is 6.79 Å². The highest BCUT2D eigenvalue weighted by Gasteiger charge is 2.25. The second-order valence-electron chi connectivity index (χ2n) is 7.69. The highest BCUT2D eigenvalue weighted by Crippen LogP contribution is 2.32. The fourth-order valence-corrected chi connectivity index (χ4v) is 3.07. The van der Waals surface area contributed by atoms with Crippen molar-refractivity contribution in [3.8, 4) is 11.5 Å². The van der Waals surface area contributed by atoms with Crippen LogP contribution in [0.15, 0.2) is 18.2 Å². The summed E-state index contributed by atoms with van der Waals surface area (Å²) < 4.78 is 15.9. The van der Waals surface area contributed by atoms with Gasteiger partial charge in [-0.3, -0.25) is 9.69 Å². The number of fused-ring (bicyclic) bond motifs is 1. The van der Waals surface area contributed by atoms with Gasteiger partial charge in [0.25, 0.3) is 0 Å². The van der Waals surface area contributed by atoms with Crippen LogP contribution >= 0.6 is 0 Å². The van der Waals surface area contributed by atoms with Gasteiger partial charge in [0.05, 0.1) is 6.54 Å². The molecule has 26 heavy (non-hydrogen) atoms. The van der Waals surface area contributed by atoms with E-state index in [0.29, 0.717) is 23.6 Å². The normalized spacial score (nSPS) is 17.8. The summed E-state index contributed by atoms with van der Waals surface area (Å²) in [5.74, 6) is 1.36. The lowest BCUT2D eigenvalue weighted by atomic mass is 10.0. The molecule has 1 N–H and O–H groups in total. The third kappa shape index (κ3) is 4.88. The molecule has 0 saturated carbocycles. The van der Waals surface area contributed by atoms with Crippen molar-refractivity contribution in [2.75, 3.05) is 26.4 Å². The average Bonchev–Trinajstić information content (AvgIpc) is 3.02. The largest absolute Gasteiger partial charge is 0.454 e. The Morgan fingerprint density at radius 2 is 1.88 bits per heavy atom. The Labute approximate surface area is 153 Å². The number of ketones is 1. The summed E-state index contributed by atoms with van der Waals surface area (Å²) in [6, 6.07) is 5.36. The van der Waals surface area contributed by atoms with E-state index in [2.05, 4.69) is 10.2 Å². The van der Waals surface area contributed by atoms with Crippen LogP contribution in [-0.2, 0) is 4.74 Å². The van der Waals surface area contributed by atoms with Gasteiger partial charge in [0.1, 0.15) is 5.60 Å². The van der Waals surface area contributed by atoms with E-state index in [0.717, 1.165) is 25.9 Å². The maximum atomic E-state index is 12.5. The summed E-state index contributed by atoms with van der Waals surface area (Å²) in [7, 11) is 0. The number of ether oxygens (including phenoxy) is 3. The van der Waals surface area contributed by atoms with Crippen molar-refractivity contribution < 1.29 is 23.8 Å². The molecule has 0 spiro atoms. The molecule has 3 rings (SSSR count). The molecule has 1 aromatic rings. The standard InChI is InChI=1S/C19H26N2O5/c1-19(2,3)26-18(23)20-14-6-8-21(9-7-14)11-15(22)13-4-5-16-17(10-13)25-12-24-16/h4-5,10,14H,6-9,11-12H2,1-3H3,(H,20,23). The molecule has 0 unspecified atom stereocenters. The molecule has 0 aromatic heterocycles. The number of alkyl carbamates (subject to hydrolysis) is 1. The van der Waals surface area contributed by atoms with E-state index in [1.54, 1.807) is 18.2 Å². The van der Waals surface area contributed by atoms with Crippen molar-refractivity contribution in [2.24, 2.45) is 0 Å². The first-order valence-corrected chi connectivity index (χ1v) is 8.95. The molecule has 142 valence electrons. The van der Waals surface area contributed by atoms with Crippen LogP contribution in [0.2, 0.25) is 0 Å². The predicted octanol–water partition coefficient (Wildman–Crippen LogP) is 2.59. The first-order valence-electron chi connectivity index (χ1n) is 8.95. The van der Waals surface area contributed by atoms with Gasteiger partial charge in [-0.2, -0.15) is 0 Å². The molecule has 2 aliphatic rings. The van der Waals surface area contributed by atoms with E-state index in [1.165, 1.54) is 0 Å². The molecule has 0 bridgehead atoms. The first kappa shape index (κ1) is 18.5. The number of carbonyl (C=O) groups is 2. The fourth-order valence-electron chi connectivity index (χ4n) is 3.07. The van der Waals surface area contributed by atoms with E-state index in [1.807, 2.05) is 20.8 Å². The topological polar surface area (TPSA) is 77.1 Å². The van der Waals surface area contributed by atoms with Crippen LogP contribution in [0.4, 0.5) is 4.79 Å². The second-order valence-corrected chi connectivity index (χ2v) is 7.69. The number of nitrogens with zero attached hydrogens (tertiary/aromatic N) is 1. The number of benzene rings is 1. The van der Waals surface area contributed by atoms with Gasteiger partial charge >= 0.3 is 6.09 Å². The number of rotatable bonds is 4. The molecule has 7 nitrogen and oxygen atoms in total. The average molecular weight is 362 g/mol.